The molecule has 0 aliphatic carbocycles. The number of hydrogen-bond donors (Lipinski definition) is 0. The van der Waals surface area contributed by atoms with Gasteiger partial charge in [-0.15, -0.1) is 0 Å². The van der Waals surface area contributed by atoms with Gasteiger partial charge in [0.1, 0.15) is 0 Å². The van der Waals surface area contributed by atoms with Gasteiger partial charge in [-0.25, -0.2) is 4.85 Å². The molecule has 458 valence electrons. The van der Waals surface area contributed by atoms with Gasteiger partial charge >= 0.3 is 6.18 Å². The number of aromatic nitrogens is 6. The molecule has 0 saturated carbocycles. The Hall–Kier alpha value is -13.4. The lowest BCUT2D eigenvalue weighted by atomic mass is 9.95. The molecule has 14 aromatic carbocycles. The summed E-state index contributed by atoms with van der Waals surface area (Å²) >= 11 is 0. The summed E-state index contributed by atoms with van der Waals surface area (Å²) in [5, 5.41) is 22.7. The van der Waals surface area contributed by atoms with Crippen molar-refractivity contribution >= 4 is 137 Å². The first-order chi connectivity index (χ1) is 48.2. The molecule has 0 amide bonds. The highest BCUT2D eigenvalue weighted by atomic mass is 19.4. The number of rotatable bonds is 7. The van der Waals surface area contributed by atoms with Crippen LogP contribution >= 0.6 is 0 Å². The second kappa shape index (κ2) is 20.6. The van der Waals surface area contributed by atoms with Gasteiger partial charge in [-0.05, 0) is 157 Å². The summed E-state index contributed by atoms with van der Waals surface area (Å²) in [6.45, 7) is 9.05. The van der Waals surface area contributed by atoms with Crippen molar-refractivity contribution in [2.24, 2.45) is 0 Å². The summed E-state index contributed by atoms with van der Waals surface area (Å²) in [5.41, 5.74) is 15.1. The van der Waals surface area contributed by atoms with E-state index < -0.39 is 11.7 Å². The van der Waals surface area contributed by atoms with Crippen molar-refractivity contribution < 1.29 is 13.2 Å². The Morgan fingerprint density at radius 2 is 0.541 bits per heavy atom. The van der Waals surface area contributed by atoms with Crippen LogP contribution in [-0.2, 0) is 6.18 Å². The fourth-order valence-electron chi connectivity index (χ4n) is 16.2. The molecular formula is C87H49F3N8. The number of para-hydroxylation sites is 8. The van der Waals surface area contributed by atoms with Crippen LogP contribution in [0.1, 0.15) is 11.1 Å². The third-order valence-electron chi connectivity index (χ3n) is 20.3. The Morgan fingerprint density at radius 1 is 0.276 bits per heavy atom. The van der Waals surface area contributed by atoms with E-state index in [1.54, 1.807) is 12.1 Å². The number of hydrogen-bond acceptors (Lipinski definition) is 1. The van der Waals surface area contributed by atoms with Gasteiger partial charge in [-0.2, -0.15) is 18.4 Å². The summed E-state index contributed by atoms with van der Waals surface area (Å²) in [6, 6.07) is 103. The molecule has 6 heterocycles. The van der Waals surface area contributed by atoms with Gasteiger partial charge < -0.3 is 27.4 Å². The maximum absolute atomic E-state index is 15.8. The molecule has 0 aliphatic rings. The van der Waals surface area contributed by atoms with Gasteiger partial charge in [-0.3, -0.25) is 0 Å². The second-order valence-corrected chi connectivity index (χ2v) is 25.3. The van der Waals surface area contributed by atoms with E-state index in [2.05, 4.69) is 299 Å². The zero-order valence-electron chi connectivity index (χ0n) is 52.0. The molecule has 0 fully saturated rings. The van der Waals surface area contributed by atoms with E-state index in [0.29, 0.717) is 11.4 Å². The molecule has 6 aromatic heterocycles. The zero-order valence-corrected chi connectivity index (χ0v) is 52.0. The zero-order chi connectivity index (χ0) is 65.2. The van der Waals surface area contributed by atoms with Gasteiger partial charge in [0.05, 0.1) is 101 Å². The van der Waals surface area contributed by atoms with Crippen LogP contribution in [0.2, 0.25) is 0 Å². The number of fused-ring (bicyclic) bond motifs is 18. The van der Waals surface area contributed by atoms with Crippen molar-refractivity contribution in [3.8, 4) is 51.3 Å². The monoisotopic (exact) mass is 1260 g/mol. The maximum Gasteiger partial charge on any atom is 0.417 e. The first-order valence-corrected chi connectivity index (χ1v) is 32.5. The Balaban J connectivity index is 0.929. The van der Waals surface area contributed by atoms with Gasteiger partial charge in [0.15, 0.2) is 5.69 Å². The lowest BCUT2D eigenvalue weighted by Gasteiger charge is -2.21. The molecule has 8 nitrogen and oxygen atoms in total. The highest BCUT2D eigenvalue weighted by Crippen LogP contribution is 2.49. The highest BCUT2D eigenvalue weighted by molar-refractivity contribution is 6.17. The van der Waals surface area contributed by atoms with Crippen molar-refractivity contribution in [1.82, 2.24) is 27.4 Å². The van der Waals surface area contributed by atoms with Gasteiger partial charge in [-0.1, -0.05) is 152 Å². The smallest absolute Gasteiger partial charge is 0.309 e. The summed E-state index contributed by atoms with van der Waals surface area (Å²) < 4.78 is 61.1. The molecule has 0 atom stereocenters. The van der Waals surface area contributed by atoms with Crippen LogP contribution < -0.4 is 0 Å². The minimum Gasteiger partial charge on any atom is -0.309 e. The fourth-order valence-corrected chi connectivity index (χ4v) is 16.2. The van der Waals surface area contributed by atoms with Crippen molar-refractivity contribution in [3.05, 3.63) is 320 Å². The fraction of sp³-hybridized carbons (Fsp3) is 0.0115. The number of alkyl halides is 3. The van der Waals surface area contributed by atoms with Crippen molar-refractivity contribution in [1.29, 1.82) is 5.26 Å². The minimum absolute atomic E-state index is 0.000766. The van der Waals surface area contributed by atoms with Crippen LogP contribution in [0.5, 0.6) is 0 Å². The third-order valence-corrected chi connectivity index (χ3v) is 20.3. The minimum atomic E-state index is -4.89. The molecule has 0 saturated heterocycles. The van der Waals surface area contributed by atoms with Crippen molar-refractivity contribution in [2.45, 2.75) is 6.18 Å². The molecular weight excluding hydrogens is 1210 g/mol. The van der Waals surface area contributed by atoms with Crippen LogP contribution in [0.25, 0.3) is 181 Å². The number of halogens is 3. The van der Waals surface area contributed by atoms with E-state index in [0.717, 1.165) is 160 Å². The molecule has 11 heteroatoms. The second-order valence-electron chi connectivity index (χ2n) is 25.3. The molecule has 0 unspecified atom stereocenters. The molecule has 98 heavy (non-hydrogen) atoms. The largest absolute Gasteiger partial charge is 0.417 e. The Bertz CT molecular complexity index is 6410. The van der Waals surface area contributed by atoms with E-state index in [4.69, 9.17) is 6.57 Å². The quantitative estimate of drug-likeness (QED) is 0.147. The third kappa shape index (κ3) is 7.81. The average molecular weight is 1260 g/mol. The van der Waals surface area contributed by atoms with E-state index in [1.165, 1.54) is 12.1 Å². The summed E-state index contributed by atoms with van der Waals surface area (Å²) in [4.78, 5) is 4.16. The van der Waals surface area contributed by atoms with Crippen LogP contribution in [0.15, 0.2) is 297 Å². The predicted molar refractivity (Wildman–Crippen MR) is 394 cm³/mol. The Morgan fingerprint density at radius 3 is 0.806 bits per heavy atom. The van der Waals surface area contributed by atoms with Gasteiger partial charge in [0.2, 0.25) is 0 Å². The molecule has 0 aliphatic heterocycles. The van der Waals surface area contributed by atoms with Crippen molar-refractivity contribution in [2.75, 3.05) is 0 Å². The lowest BCUT2D eigenvalue weighted by molar-refractivity contribution is -0.137. The normalized spacial score (nSPS) is 12.2. The van der Waals surface area contributed by atoms with Crippen LogP contribution in [0.3, 0.4) is 0 Å². The Labute approximate surface area is 556 Å². The van der Waals surface area contributed by atoms with E-state index >= 15 is 13.2 Å². The maximum atomic E-state index is 15.8. The number of benzene rings is 14. The number of nitriles is 1. The van der Waals surface area contributed by atoms with Crippen LogP contribution in [0, 0.1) is 17.9 Å². The van der Waals surface area contributed by atoms with Gasteiger partial charge in [0, 0.05) is 87.4 Å². The molecule has 20 rings (SSSR count). The molecule has 20 aromatic rings. The molecule has 0 bridgehead atoms. The number of nitrogens with zero attached hydrogens (tertiary/aromatic N) is 8. The highest BCUT2D eigenvalue weighted by Gasteiger charge is 2.36. The molecule has 0 radical (unpaired) electrons. The lowest BCUT2D eigenvalue weighted by Crippen LogP contribution is -2.09. The van der Waals surface area contributed by atoms with E-state index in [-0.39, 0.29) is 22.4 Å². The SMILES string of the molecule is [C-]#[N+]c1cc(-n2c3ccc(-n4c5ccccc5c5ccccc54)cc3c3cc(-n4c5ccccc5c5ccccc54)ccc32)c(-n2c3ccc(-n4c5ccccc5c5ccccc54)cc3c3cc(-n4c5ccccc5c5ccccc54)ccc32)cc1-c1ccc(C#N)cc1C(F)(F)F. The topological polar surface area (TPSA) is 57.7 Å². The molecule has 0 spiro atoms. The first kappa shape index (κ1) is 55.1. The molecule has 0 N–H and O–H groups in total. The van der Waals surface area contributed by atoms with Gasteiger partial charge in [0.25, 0.3) is 0 Å². The summed E-state index contributed by atoms with van der Waals surface area (Å²) in [6.07, 6.45) is -4.89. The summed E-state index contributed by atoms with van der Waals surface area (Å²) in [5.74, 6) is 0. The van der Waals surface area contributed by atoms with E-state index in [1.807, 2.05) is 6.07 Å². The predicted octanol–water partition coefficient (Wildman–Crippen LogP) is 23.4. The standard InChI is InChI=1S/C87H49F3N8/c1-92-72-50-86(98-83-42-37-55(95-77-30-14-6-22-62(77)63-23-7-15-31-78(63)95)47-69(83)70-48-56(38-43-84(70)98)96-79-32-16-8-24-64(79)65-25-9-17-33-80(65)96)85(49-66(72)57-39-34-52(51-91)44-71(57)87(88,89)90)97-81-40-35-53(93-73-26-10-2-18-58(73)59-19-3-11-27-74(59)93)45-67(81)68-46-54(36-41-82(68)97)94-75-28-12-4-20-60(75)61-21-5-13-29-76(61)94/h2-50H. The first-order valence-electron chi connectivity index (χ1n) is 32.5. The van der Waals surface area contributed by atoms with Crippen LogP contribution in [0.4, 0.5) is 18.9 Å². The van der Waals surface area contributed by atoms with E-state index in [9.17, 15) is 5.26 Å². The van der Waals surface area contributed by atoms with Crippen molar-refractivity contribution in [3.63, 3.8) is 0 Å². The van der Waals surface area contributed by atoms with Crippen LogP contribution in [-0.4, -0.2) is 27.4 Å². The average Bonchev–Trinajstić information content (AvgIpc) is 1.53. The Kier molecular flexibility index (Phi) is 11.6. The summed E-state index contributed by atoms with van der Waals surface area (Å²) in [7, 11) is 0.